The average Bonchev–Trinajstić information content (AvgIpc) is 2.68. The summed E-state index contributed by atoms with van der Waals surface area (Å²) in [7, 11) is 1.60. The molecule has 2 N–H and O–H groups in total. The molecule has 0 radical (unpaired) electrons. The summed E-state index contributed by atoms with van der Waals surface area (Å²) in [5.41, 5.74) is 2.97. The van der Waals surface area contributed by atoms with Crippen molar-refractivity contribution in [3.05, 3.63) is 72.1 Å². The molecule has 3 rings (SSSR count). The van der Waals surface area contributed by atoms with Crippen LogP contribution in [0.5, 0.6) is 5.75 Å². The minimum Gasteiger partial charge on any atom is -0.497 e. The van der Waals surface area contributed by atoms with E-state index in [1.54, 1.807) is 43.6 Å². The lowest BCUT2D eigenvalue weighted by Gasteiger charge is -2.23. The minimum atomic E-state index is -0.306. The molecule has 0 bridgehead atoms. The first-order valence-corrected chi connectivity index (χ1v) is 9.02. The van der Waals surface area contributed by atoms with Crippen LogP contribution < -0.4 is 15.4 Å². The molecule has 0 aliphatic rings. The smallest absolute Gasteiger partial charge is 0.274 e. The van der Waals surface area contributed by atoms with E-state index in [0.29, 0.717) is 11.6 Å². The number of amides is 1. The number of aromatic nitrogens is 2. The quantitative estimate of drug-likeness (QED) is 0.670. The summed E-state index contributed by atoms with van der Waals surface area (Å²) < 4.78 is 5.12. The lowest BCUT2D eigenvalue weighted by molar-refractivity contribution is 0.102. The van der Waals surface area contributed by atoms with Gasteiger partial charge in [-0.3, -0.25) is 4.79 Å². The Hall–Kier alpha value is -3.41. The molecule has 0 unspecified atom stereocenters. The first kappa shape index (κ1) is 19.4. The fourth-order valence-electron chi connectivity index (χ4n) is 2.78. The molecule has 1 aromatic heterocycles. The Morgan fingerprint density at radius 2 is 1.71 bits per heavy atom. The second kappa shape index (κ2) is 8.08. The summed E-state index contributed by atoms with van der Waals surface area (Å²) in [6.07, 6.45) is 1.57. The Labute approximate surface area is 165 Å². The van der Waals surface area contributed by atoms with Gasteiger partial charge in [-0.05, 0) is 47.4 Å². The largest absolute Gasteiger partial charge is 0.497 e. The third-order valence-corrected chi connectivity index (χ3v) is 4.22. The Balaban J connectivity index is 1.78. The predicted octanol–water partition coefficient (Wildman–Crippen LogP) is 4.78. The molecule has 0 atom stereocenters. The van der Waals surface area contributed by atoms with Gasteiger partial charge in [0.2, 0.25) is 5.95 Å². The molecule has 0 aliphatic carbocycles. The van der Waals surface area contributed by atoms with E-state index in [1.807, 2.05) is 18.2 Å². The van der Waals surface area contributed by atoms with E-state index < -0.39 is 0 Å². The van der Waals surface area contributed by atoms with Gasteiger partial charge in [-0.1, -0.05) is 39.0 Å². The van der Waals surface area contributed by atoms with Crippen LogP contribution in [0.1, 0.15) is 36.8 Å². The van der Waals surface area contributed by atoms with Crippen molar-refractivity contribution < 1.29 is 9.53 Å². The zero-order valence-corrected chi connectivity index (χ0v) is 16.5. The van der Waals surface area contributed by atoms with Crippen LogP contribution in [-0.4, -0.2) is 23.0 Å². The number of hydrogen-bond acceptors (Lipinski definition) is 5. The molecule has 6 nitrogen and oxygen atoms in total. The maximum absolute atomic E-state index is 12.5. The van der Waals surface area contributed by atoms with Crippen LogP contribution in [0.25, 0.3) is 0 Å². The van der Waals surface area contributed by atoms with E-state index in [9.17, 15) is 4.79 Å². The third kappa shape index (κ3) is 4.65. The zero-order valence-electron chi connectivity index (χ0n) is 16.5. The Morgan fingerprint density at radius 1 is 1.00 bits per heavy atom. The van der Waals surface area contributed by atoms with Crippen molar-refractivity contribution in [2.75, 3.05) is 17.7 Å². The van der Waals surface area contributed by atoms with Gasteiger partial charge in [0.15, 0.2) is 0 Å². The monoisotopic (exact) mass is 376 g/mol. The number of benzene rings is 2. The molecular formula is C22H24N4O2. The standard InChI is InChI=1S/C22H24N4O2/c1-22(2,3)17-7-5-6-8-18(17)25-21-23-14-13-19(26-21)20(27)24-15-9-11-16(28-4)12-10-15/h5-14H,1-4H3,(H,24,27)(H,23,25,26). The van der Waals surface area contributed by atoms with Crippen LogP contribution >= 0.6 is 0 Å². The number of carbonyl (C=O) groups excluding carboxylic acids is 1. The van der Waals surface area contributed by atoms with Crippen molar-refractivity contribution in [2.24, 2.45) is 0 Å². The number of ether oxygens (including phenoxy) is 1. The maximum atomic E-state index is 12.5. The average molecular weight is 376 g/mol. The van der Waals surface area contributed by atoms with Crippen molar-refractivity contribution in [3.8, 4) is 5.75 Å². The van der Waals surface area contributed by atoms with E-state index in [2.05, 4.69) is 47.4 Å². The fraction of sp³-hybridized carbons (Fsp3) is 0.227. The molecule has 28 heavy (non-hydrogen) atoms. The van der Waals surface area contributed by atoms with Crippen molar-refractivity contribution in [1.82, 2.24) is 9.97 Å². The van der Waals surface area contributed by atoms with Crippen LogP contribution in [0.15, 0.2) is 60.8 Å². The molecule has 0 fully saturated rings. The maximum Gasteiger partial charge on any atom is 0.274 e. The van der Waals surface area contributed by atoms with Crippen LogP contribution in [0.2, 0.25) is 0 Å². The summed E-state index contributed by atoms with van der Waals surface area (Å²) in [5.74, 6) is 0.794. The van der Waals surface area contributed by atoms with Crippen LogP contribution in [0, 0.1) is 0 Å². The number of methoxy groups -OCH3 is 1. The van der Waals surface area contributed by atoms with Gasteiger partial charge in [0.1, 0.15) is 11.4 Å². The van der Waals surface area contributed by atoms with Crippen LogP contribution in [0.4, 0.5) is 17.3 Å². The fourth-order valence-corrected chi connectivity index (χ4v) is 2.78. The summed E-state index contributed by atoms with van der Waals surface area (Å²) in [6.45, 7) is 6.44. The van der Waals surface area contributed by atoms with Gasteiger partial charge < -0.3 is 15.4 Å². The first-order valence-electron chi connectivity index (χ1n) is 9.02. The van der Waals surface area contributed by atoms with E-state index in [1.165, 1.54) is 0 Å². The Bertz CT molecular complexity index is 963. The molecular weight excluding hydrogens is 352 g/mol. The van der Waals surface area contributed by atoms with Gasteiger partial charge in [0.25, 0.3) is 5.91 Å². The highest BCUT2D eigenvalue weighted by molar-refractivity contribution is 6.03. The highest BCUT2D eigenvalue weighted by atomic mass is 16.5. The first-order chi connectivity index (χ1) is 13.4. The number of para-hydroxylation sites is 1. The molecule has 0 aliphatic heterocycles. The van der Waals surface area contributed by atoms with E-state index in [-0.39, 0.29) is 17.0 Å². The number of nitrogens with zero attached hydrogens (tertiary/aromatic N) is 2. The highest BCUT2D eigenvalue weighted by Gasteiger charge is 2.18. The molecule has 1 amide bonds. The lowest BCUT2D eigenvalue weighted by Crippen LogP contribution is -2.16. The number of nitrogens with one attached hydrogen (secondary N) is 2. The Morgan fingerprint density at radius 3 is 2.39 bits per heavy atom. The van der Waals surface area contributed by atoms with Crippen LogP contribution in [-0.2, 0) is 5.41 Å². The van der Waals surface area contributed by atoms with Gasteiger partial charge in [0, 0.05) is 17.6 Å². The van der Waals surface area contributed by atoms with E-state index >= 15 is 0 Å². The molecule has 144 valence electrons. The highest BCUT2D eigenvalue weighted by Crippen LogP contribution is 2.30. The van der Waals surface area contributed by atoms with Crippen molar-refractivity contribution in [3.63, 3.8) is 0 Å². The predicted molar refractivity (Wildman–Crippen MR) is 111 cm³/mol. The van der Waals surface area contributed by atoms with Gasteiger partial charge >= 0.3 is 0 Å². The van der Waals surface area contributed by atoms with Gasteiger partial charge in [0.05, 0.1) is 7.11 Å². The van der Waals surface area contributed by atoms with Gasteiger partial charge in [-0.2, -0.15) is 0 Å². The van der Waals surface area contributed by atoms with E-state index in [4.69, 9.17) is 4.74 Å². The molecule has 3 aromatic rings. The summed E-state index contributed by atoms with van der Waals surface area (Å²) in [6, 6.07) is 16.7. The lowest BCUT2D eigenvalue weighted by atomic mass is 9.86. The molecule has 0 saturated carbocycles. The summed E-state index contributed by atoms with van der Waals surface area (Å²) >= 11 is 0. The second-order valence-corrected chi connectivity index (χ2v) is 7.37. The van der Waals surface area contributed by atoms with E-state index in [0.717, 1.165) is 17.0 Å². The molecule has 0 spiro atoms. The number of hydrogen-bond donors (Lipinski definition) is 2. The summed E-state index contributed by atoms with van der Waals surface area (Å²) in [4.78, 5) is 21.2. The number of rotatable bonds is 5. The minimum absolute atomic E-state index is 0.0348. The molecule has 1 heterocycles. The van der Waals surface area contributed by atoms with Crippen LogP contribution in [0.3, 0.4) is 0 Å². The topological polar surface area (TPSA) is 76.1 Å². The SMILES string of the molecule is COc1ccc(NC(=O)c2ccnc(Nc3ccccc3C(C)(C)C)n2)cc1. The molecule has 0 saturated heterocycles. The molecule has 2 aromatic carbocycles. The third-order valence-electron chi connectivity index (χ3n) is 4.22. The Kier molecular flexibility index (Phi) is 5.59. The molecule has 6 heteroatoms. The van der Waals surface area contributed by atoms with Crippen molar-refractivity contribution in [2.45, 2.75) is 26.2 Å². The van der Waals surface area contributed by atoms with Gasteiger partial charge in [-0.15, -0.1) is 0 Å². The normalized spacial score (nSPS) is 11.0. The van der Waals surface area contributed by atoms with Crippen molar-refractivity contribution in [1.29, 1.82) is 0 Å². The van der Waals surface area contributed by atoms with Gasteiger partial charge in [-0.25, -0.2) is 9.97 Å². The van der Waals surface area contributed by atoms with Crippen molar-refractivity contribution >= 4 is 23.2 Å². The number of anilines is 3. The zero-order chi connectivity index (χ0) is 20.1. The second-order valence-electron chi connectivity index (χ2n) is 7.37. The summed E-state index contributed by atoms with van der Waals surface area (Å²) in [5, 5.41) is 6.06. The number of carbonyl (C=O) groups is 1.